The molecule has 0 N–H and O–H groups in total. The Hall–Kier alpha value is 0.440. The molecule has 0 amide bonds. The Kier molecular flexibility index (Phi) is 7.94. The van der Waals surface area contributed by atoms with Crippen molar-refractivity contribution in [1.82, 2.24) is 4.90 Å². The minimum absolute atomic E-state index is 0.722. The first-order chi connectivity index (χ1) is 6.52. The van der Waals surface area contributed by atoms with Gasteiger partial charge in [0.05, 0.1) is 0 Å². The summed E-state index contributed by atoms with van der Waals surface area (Å²) in [5, 5.41) is 1.12. The van der Waals surface area contributed by atoms with Gasteiger partial charge in [0.1, 0.15) is 0 Å². The molecule has 0 aliphatic rings. The zero-order valence-corrected chi connectivity index (χ0v) is 12.0. The van der Waals surface area contributed by atoms with E-state index in [0.29, 0.717) is 0 Å². The highest BCUT2D eigenvalue weighted by atomic mass is 79.9. The van der Waals surface area contributed by atoms with Crippen LogP contribution in [0.5, 0.6) is 0 Å². The number of rotatable bonds is 7. The Bertz CT molecular complexity index is 136. The third-order valence-corrected chi connectivity index (χ3v) is 3.95. The minimum atomic E-state index is 0.722. The van der Waals surface area contributed by atoms with Gasteiger partial charge in [0.15, 0.2) is 0 Å². The van der Waals surface area contributed by atoms with Crippen molar-refractivity contribution in [2.75, 3.05) is 18.9 Å². The molecule has 0 aliphatic heterocycles. The summed E-state index contributed by atoms with van der Waals surface area (Å²) in [6.07, 6.45) is 2.59. The van der Waals surface area contributed by atoms with Gasteiger partial charge in [0, 0.05) is 17.9 Å². The molecule has 0 aromatic carbocycles. The molecule has 0 saturated heterocycles. The standard InChI is InChI=1S/C12H26BrN/c1-6-7-11(4)14(5)9-12(8-13)10(2)3/h10-12H,6-9H2,1-5H3. The normalized spacial score (nSPS) is 16.3. The number of nitrogens with zero attached hydrogens (tertiary/aromatic N) is 1. The third kappa shape index (κ3) is 5.35. The topological polar surface area (TPSA) is 3.24 Å². The van der Waals surface area contributed by atoms with Crippen molar-refractivity contribution in [2.24, 2.45) is 11.8 Å². The lowest BCUT2D eigenvalue weighted by atomic mass is 9.97. The zero-order valence-electron chi connectivity index (χ0n) is 10.4. The molecule has 1 nitrogen and oxygen atoms in total. The smallest absolute Gasteiger partial charge is 0.00743 e. The predicted octanol–water partition coefficient (Wildman–Crippen LogP) is 3.77. The van der Waals surface area contributed by atoms with Gasteiger partial charge < -0.3 is 4.90 Å². The van der Waals surface area contributed by atoms with Crippen LogP contribution in [0.1, 0.15) is 40.5 Å². The van der Waals surface area contributed by atoms with Crippen LogP contribution in [0.4, 0.5) is 0 Å². The van der Waals surface area contributed by atoms with Crippen molar-refractivity contribution in [2.45, 2.75) is 46.6 Å². The van der Waals surface area contributed by atoms with E-state index in [1.807, 2.05) is 0 Å². The summed E-state index contributed by atoms with van der Waals surface area (Å²) in [6.45, 7) is 10.4. The number of halogens is 1. The Labute approximate surface area is 98.4 Å². The number of hydrogen-bond donors (Lipinski definition) is 0. The molecule has 0 saturated carbocycles. The summed E-state index contributed by atoms with van der Waals surface area (Å²) in [4.78, 5) is 2.50. The van der Waals surface area contributed by atoms with Crippen LogP contribution in [-0.4, -0.2) is 29.9 Å². The highest BCUT2D eigenvalue weighted by molar-refractivity contribution is 9.09. The van der Waals surface area contributed by atoms with Crippen molar-refractivity contribution < 1.29 is 0 Å². The molecule has 0 heterocycles. The molecule has 2 unspecified atom stereocenters. The van der Waals surface area contributed by atoms with E-state index < -0.39 is 0 Å². The highest BCUT2D eigenvalue weighted by Gasteiger charge is 2.16. The molecule has 0 radical (unpaired) electrons. The van der Waals surface area contributed by atoms with Crippen LogP contribution in [0.2, 0.25) is 0 Å². The maximum absolute atomic E-state index is 3.61. The monoisotopic (exact) mass is 263 g/mol. The van der Waals surface area contributed by atoms with Crippen molar-refractivity contribution in [3.8, 4) is 0 Å². The van der Waals surface area contributed by atoms with Gasteiger partial charge in [0.25, 0.3) is 0 Å². The first-order valence-electron chi connectivity index (χ1n) is 5.79. The van der Waals surface area contributed by atoms with Gasteiger partial charge in [-0.2, -0.15) is 0 Å². The van der Waals surface area contributed by atoms with E-state index in [0.717, 1.165) is 23.2 Å². The second-order valence-electron chi connectivity index (χ2n) is 4.74. The fourth-order valence-electron chi connectivity index (χ4n) is 1.63. The Morgan fingerprint density at radius 1 is 1.21 bits per heavy atom. The molecule has 0 aromatic rings. The molecular formula is C12H26BrN. The summed E-state index contributed by atoms with van der Waals surface area (Å²) in [5.74, 6) is 1.55. The Morgan fingerprint density at radius 2 is 1.79 bits per heavy atom. The predicted molar refractivity (Wildman–Crippen MR) is 69.1 cm³/mol. The molecule has 0 spiro atoms. The van der Waals surface area contributed by atoms with Crippen LogP contribution in [0.25, 0.3) is 0 Å². The van der Waals surface area contributed by atoms with Gasteiger partial charge in [-0.1, -0.05) is 43.1 Å². The van der Waals surface area contributed by atoms with Crippen molar-refractivity contribution in [1.29, 1.82) is 0 Å². The number of hydrogen-bond acceptors (Lipinski definition) is 1. The maximum atomic E-state index is 3.61. The summed E-state index contributed by atoms with van der Waals surface area (Å²) in [5.41, 5.74) is 0. The van der Waals surface area contributed by atoms with Crippen LogP contribution in [0.15, 0.2) is 0 Å². The summed E-state index contributed by atoms with van der Waals surface area (Å²) >= 11 is 3.61. The average molecular weight is 264 g/mol. The molecule has 2 atom stereocenters. The summed E-state index contributed by atoms with van der Waals surface area (Å²) in [7, 11) is 2.25. The lowest BCUT2D eigenvalue weighted by Crippen LogP contribution is -2.35. The summed E-state index contributed by atoms with van der Waals surface area (Å²) in [6, 6.07) is 0.722. The lowest BCUT2D eigenvalue weighted by molar-refractivity contribution is 0.195. The van der Waals surface area contributed by atoms with Crippen molar-refractivity contribution >= 4 is 15.9 Å². The fraction of sp³-hybridized carbons (Fsp3) is 1.00. The zero-order chi connectivity index (χ0) is 11.1. The second kappa shape index (κ2) is 7.70. The van der Waals surface area contributed by atoms with Crippen LogP contribution in [0, 0.1) is 11.8 Å². The van der Waals surface area contributed by atoms with E-state index >= 15 is 0 Å². The lowest BCUT2D eigenvalue weighted by Gasteiger charge is -2.30. The van der Waals surface area contributed by atoms with Crippen LogP contribution < -0.4 is 0 Å². The molecular weight excluding hydrogens is 238 g/mol. The molecule has 14 heavy (non-hydrogen) atoms. The molecule has 0 aliphatic carbocycles. The van der Waals surface area contributed by atoms with E-state index in [-0.39, 0.29) is 0 Å². The van der Waals surface area contributed by atoms with Crippen LogP contribution in [-0.2, 0) is 0 Å². The van der Waals surface area contributed by atoms with E-state index in [1.165, 1.54) is 19.4 Å². The molecule has 86 valence electrons. The first kappa shape index (κ1) is 14.4. The quantitative estimate of drug-likeness (QED) is 0.633. The van der Waals surface area contributed by atoms with Gasteiger partial charge in [0.2, 0.25) is 0 Å². The fourth-order valence-corrected chi connectivity index (χ4v) is 2.58. The molecule has 0 fully saturated rings. The maximum Gasteiger partial charge on any atom is 0.00743 e. The molecule has 0 bridgehead atoms. The van der Waals surface area contributed by atoms with Crippen LogP contribution in [0.3, 0.4) is 0 Å². The molecule has 2 heteroatoms. The van der Waals surface area contributed by atoms with Gasteiger partial charge in [-0.05, 0) is 32.2 Å². The van der Waals surface area contributed by atoms with Crippen molar-refractivity contribution in [3.63, 3.8) is 0 Å². The van der Waals surface area contributed by atoms with Gasteiger partial charge in [-0.3, -0.25) is 0 Å². The highest BCUT2D eigenvalue weighted by Crippen LogP contribution is 2.16. The largest absolute Gasteiger partial charge is 0.303 e. The van der Waals surface area contributed by atoms with Gasteiger partial charge in [-0.25, -0.2) is 0 Å². The molecule has 0 aromatic heterocycles. The SMILES string of the molecule is CCCC(C)N(C)CC(CBr)C(C)C. The van der Waals surface area contributed by atoms with E-state index in [9.17, 15) is 0 Å². The first-order valence-corrected chi connectivity index (χ1v) is 6.91. The number of alkyl halides is 1. The van der Waals surface area contributed by atoms with Gasteiger partial charge >= 0.3 is 0 Å². The van der Waals surface area contributed by atoms with E-state index in [1.54, 1.807) is 0 Å². The van der Waals surface area contributed by atoms with Crippen LogP contribution >= 0.6 is 15.9 Å². The second-order valence-corrected chi connectivity index (χ2v) is 5.38. The van der Waals surface area contributed by atoms with E-state index in [4.69, 9.17) is 0 Å². The van der Waals surface area contributed by atoms with E-state index in [2.05, 4.69) is 55.6 Å². The van der Waals surface area contributed by atoms with Gasteiger partial charge in [-0.15, -0.1) is 0 Å². The Balaban J connectivity index is 3.94. The average Bonchev–Trinajstić information content (AvgIpc) is 2.13. The minimum Gasteiger partial charge on any atom is -0.303 e. The summed E-state index contributed by atoms with van der Waals surface area (Å²) < 4.78 is 0. The molecule has 0 rings (SSSR count). The Morgan fingerprint density at radius 3 is 2.14 bits per heavy atom. The van der Waals surface area contributed by atoms with Crippen molar-refractivity contribution in [3.05, 3.63) is 0 Å². The third-order valence-electron chi connectivity index (χ3n) is 3.12.